The maximum absolute atomic E-state index is 12.8. The molecule has 1 aromatic heterocycles. The number of thiazole rings is 1. The van der Waals surface area contributed by atoms with Gasteiger partial charge < -0.3 is 15.4 Å². The fraction of sp³-hybridized carbons (Fsp3) is 0.261. The van der Waals surface area contributed by atoms with E-state index in [1.54, 1.807) is 37.3 Å². The van der Waals surface area contributed by atoms with Gasteiger partial charge in [0.25, 0.3) is 11.8 Å². The van der Waals surface area contributed by atoms with Gasteiger partial charge in [0, 0.05) is 41.6 Å². The van der Waals surface area contributed by atoms with Crippen LogP contribution in [0.1, 0.15) is 39.1 Å². The number of anilines is 1. The van der Waals surface area contributed by atoms with Crippen LogP contribution in [-0.4, -0.2) is 36.6 Å². The predicted molar refractivity (Wildman–Crippen MR) is 125 cm³/mol. The van der Waals surface area contributed by atoms with Crippen molar-refractivity contribution in [3.8, 4) is 10.6 Å². The summed E-state index contributed by atoms with van der Waals surface area (Å²) in [5.41, 5.74) is 2.53. The second-order valence-electron chi connectivity index (χ2n) is 6.79. The highest BCUT2D eigenvalue weighted by molar-refractivity contribution is 7.17. The molecule has 8 heteroatoms. The number of aromatic nitrogens is 1. The fourth-order valence-corrected chi connectivity index (χ4v) is 4.05. The standard InChI is InChI=1S/C23H24ClN3O3S/c1-3-30-12-6-11-25-21(28)16-7-5-10-19(14-16)27-22(29)20-15(2)26-23(31-20)17-8-4-9-18(24)13-17/h4-5,7-10,13-14H,3,6,11-12H2,1-2H3,(H,25,28)(H,27,29). The number of hydrogen-bond donors (Lipinski definition) is 2. The number of nitrogens with one attached hydrogen (secondary N) is 2. The van der Waals surface area contributed by atoms with E-state index < -0.39 is 0 Å². The fourth-order valence-electron chi connectivity index (χ4n) is 2.90. The van der Waals surface area contributed by atoms with Gasteiger partial charge in [-0.1, -0.05) is 29.8 Å². The molecule has 0 aliphatic rings. The van der Waals surface area contributed by atoms with Gasteiger partial charge in [-0.2, -0.15) is 0 Å². The zero-order valence-electron chi connectivity index (χ0n) is 17.4. The maximum Gasteiger partial charge on any atom is 0.267 e. The summed E-state index contributed by atoms with van der Waals surface area (Å²) in [6.45, 7) is 5.53. The average Bonchev–Trinajstić information content (AvgIpc) is 3.15. The van der Waals surface area contributed by atoms with Crippen molar-refractivity contribution in [3.05, 3.63) is 69.7 Å². The van der Waals surface area contributed by atoms with E-state index in [1.165, 1.54) is 11.3 Å². The third-order valence-electron chi connectivity index (χ3n) is 4.41. The molecule has 0 fully saturated rings. The van der Waals surface area contributed by atoms with Gasteiger partial charge in [0.15, 0.2) is 0 Å². The highest BCUT2D eigenvalue weighted by Gasteiger charge is 2.17. The number of ether oxygens (including phenoxy) is 1. The van der Waals surface area contributed by atoms with Crippen molar-refractivity contribution in [3.63, 3.8) is 0 Å². The zero-order chi connectivity index (χ0) is 22.2. The van der Waals surface area contributed by atoms with Crippen molar-refractivity contribution in [2.45, 2.75) is 20.3 Å². The Morgan fingerprint density at radius 3 is 2.71 bits per heavy atom. The monoisotopic (exact) mass is 457 g/mol. The first-order chi connectivity index (χ1) is 15.0. The third-order valence-corrected chi connectivity index (χ3v) is 5.85. The first kappa shape index (κ1) is 22.9. The van der Waals surface area contributed by atoms with Gasteiger partial charge in [0.1, 0.15) is 9.88 Å². The number of benzene rings is 2. The molecule has 6 nitrogen and oxygen atoms in total. The number of rotatable bonds is 9. The lowest BCUT2D eigenvalue weighted by Crippen LogP contribution is -2.25. The summed E-state index contributed by atoms with van der Waals surface area (Å²) in [6, 6.07) is 14.2. The number of amides is 2. The Morgan fingerprint density at radius 2 is 1.94 bits per heavy atom. The number of carbonyl (C=O) groups excluding carboxylic acids is 2. The van der Waals surface area contributed by atoms with Gasteiger partial charge in [-0.3, -0.25) is 9.59 Å². The Kier molecular flexibility index (Phi) is 8.17. The largest absolute Gasteiger partial charge is 0.382 e. The van der Waals surface area contributed by atoms with Gasteiger partial charge in [-0.05, 0) is 50.6 Å². The van der Waals surface area contributed by atoms with Gasteiger partial charge in [-0.25, -0.2) is 4.98 Å². The van der Waals surface area contributed by atoms with Crippen molar-refractivity contribution < 1.29 is 14.3 Å². The molecule has 2 amide bonds. The highest BCUT2D eigenvalue weighted by atomic mass is 35.5. The molecule has 2 aromatic carbocycles. The molecule has 0 saturated heterocycles. The molecule has 0 aliphatic carbocycles. The number of aryl methyl sites for hydroxylation is 1. The minimum atomic E-state index is -0.266. The van der Waals surface area contributed by atoms with Crippen LogP contribution in [0.4, 0.5) is 5.69 Å². The summed E-state index contributed by atoms with van der Waals surface area (Å²) >= 11 is 7.37. The maximum atomic E-state index is 12.8. The summed E-state index contributed by atoms with van der Waals surface area (Å²) in [7, 11) is 0. The van der Waals surface area contributed by atoms with E-state index in [9.17, 15) is 9.59 Å². The van der Waals surface area contributed by atoms with Gasteiger partial charge in [-0.15, -0.1) is 11.3 Å². The SMILES string of the molecule is CCOCCCNC(=O)c1cccc(NC(=O)c2sc(-c3cccc(Cl)c3)nc2C)c1. The second-order valence-corrected chi connectivity index (χ2v) is 8.22. The molecule has 1 heterocycles. The summed E-state index contributed by atoms with van der Waals surface area (Å²) in [6.07, 6.45) is 0.746. The molecule has 162 valence electrons. The lowest BCUT2D eigenvalue weighted by Gasteiger charge is -2.08. The lowest BCUT2D eigenvalue weighted by atomic mass is 10.2. The molecule has 3 rings (SSSR count). The van der Waals surface area contributed by atoms with Crippen LogP contribution in [0.15, 0.2) is 48.5 Å². The second kappa shape index (κ2) is 11.0. The molecule has 0 unspecified atom stereocenters. The van der Waals surface area contributed by atoms with Crippen LogP contribution >= 0.6 is 22.9 Å². The van der Waals surface area contributed by atoms with Crippen LogP contribution in [0.5, 0.6) is 0 Å². The molecule has 0 spiro atoms. The predicted octanol–water partition coefficient (Wildman–Crippen LogP) is 5.18. The third kappa shape index (κ3) is 6.37. The van der Waals surface area contributed by atoms with Crippen LogP contribution in [0, 0.1) is 6.92 Å². The molecule has 3 aromatic rings. The summed E-state index contributed by atoms with van der Waals surface area (Å²) in [5.74, 6) is -0.456. The van der Waals surface area contributed by atoms with E-state index in [0.717, 1.165) is 17.0 Å². The molecule has 0 saturated carbocycles. The Hall–Kier alpha value is -2.74. The normalized spacial score (nSPS) is 10.7. The highest BCUT2D eigenvalue weighted by Crippen LogP contribution is 2.30. The topological polar surface area (TPSA) is 80.3 Å². The first-order valence-electron chi connectivity index (χ1n) is 9.98. The summed E-state index contributed by atoms with van der Waals surface area (Å²) in [4.78, 5) is 30.2. The molecule has 0 aliphatic heterocycles. The number of nitrogens with zero attached hydrogens (tertiary/aromatic N) is 1. The van der Waals surface area contributed by atoms with Crippen LogP contribution in [0.2, 0.25) is 5.02 Å². The zero-order valence-corrected chi connectivity index (χ0v) is 19.0. The Bertz CT molecular complexity index is 1070. The smallest absolute Gasteiger partial charge is 0.267 e. The molecule has 0 atom stereocenters. The molecule has 0 bridgehead atoms. The van der Waals surface area contributed by atoms with Crippen molar-refractivity contribution in [1.82, 2.24) is 10.3 Å². The van der Waals surface area contributed by atoms with Gasteiger partial charge in [0.05, 0.1) is 5.69 Å². The van der Waals surface area contributed by atoms with E-state index in [1.807, 2.05) is 25.1 Å². The van der Waals surface area contributed by atoms with E-state index >= 15 is 0 Å². The summed E-state index contributed by atoms with van der Waals surface area (Å²) < 4.78 is 5.26. The van der Waals surface area contributed by atoms with Gasteiger partial charge in [0.2, 0.25) is 0 Å². The van der Waals surface area contributed by atoms with Crippen LogP contribution in [0.3, 0.4) is 0 Å². The lowest BCUT2D eigenvalue weighted by molar-refractivity contribution is 0.0943. The average molecular weight is 458 g/mol. The number of halogens is 1. The molecule has 0 radical (unpaired) electrons. The van der Waals surface area contributed by atoms with E-state index in [-0.39, 0.29) is 11.8 Å². The van der Waals surface area contributed by atoms with Crippen molar-refractivity contribution >= 4 is 40.4 Å². The quantitative estimate of drug-likeness (QED) is 0.434. The first-order valence-corrected chi connectivity index (χ1v) is 11.2. The van der Waals surface area contributed by atoms with Crippen molar-refractivity contribution in [2.24, 2.45) is 0 Å². The van der Waals surface area contributed by atoms with Crippen LogP contribution < -0.4 is 10.6 Å². The number of hydrogen-bond acceptors (Lipinski definition) is 5. The van der Waals surface area contributed by atoms with E-state index in [0.29, 0.717) is 46.6 Å². The molecule has 2 N–H and O–H groups in total. The molecular formula is C23H24ClN3O3S. The van der Waals surface area contributed by atoms with Gasteiger partial charge >= 0.3 is 0 Å². The minimum absolute atomic E-state index is 0.190. The molecular weight excluding hydrogens is 434 g/mol. The number of carbonyl (C=O) groups is 2. The van der Waals surface area contributed by atoms with E-state index in [2.05, 4.69) is 15.6 Å². The Balaban J connectivity index is 1.66. The van der Waals surface area contributed by atoms with E-state index in [4.69, 9.17) is 16.3 Å². The van der Waals surface area contributed by atoms with Crippen molar-refractivity contribution in [1.29, 1.82) is 0 Å². The Morgan fingerprint density at radius 1 is 1.13 bits per heavy atom. The Labute approximate surface area is 190 Å². The minimum Gasteiger partial charge on any atom is -0.382 e. The van der Waals surface area contributed by atoms with Crippen LogP contribution in [0.25, 0.3) is 10.6 Å². The van der Waals surface area contributed by atoms with Crippen molar-refractivity contribution in [2.75, 3.05) is 25.1 Å². The molecule has 31 heavy (non-hydrogen) atoms. The summed E-state index contributed by atoms with van der Waals surface area (Å²) in [5, 5.41) is 7.06. The van der Waals surface area contributed by atoms with Crippen LogP contribution in [-0.2, 0) is 4.74 Å².